The van der Waals surface area contributed by atoms with Gasteiger partial charge in [-0.1, -0.05) is 31.1 Å². The highest BCUT2D eigenvalue weighted by Crippen LogP contribution is 2.22. The zero-order chi connectivity index (χ0) is 22.8. The number of benzene rings is 1. The van der Waals surface area contributed by atoms with Gasteiger partial charge in [-0.3, -0.25) is 4.79 Å². The lowest BCUT2D eigenvalue weighted by Crippen LogP contribution is -2.36. The summed E-state index contributed by atoms with van der Waals surface area (Å²) >= 11 is 0. The van der Waals surface area contributed by atoms with Gasteiger partial charge in [0.1, 0.15) is 6.10 Å². The number of halogens is 1. The normalized spacial score (nSPS) is 15.9. The van der Waals surface area contributed by atoms with Gasteiger partial charge in [0.15, 0.2) is 11.7 Å². The average Bonchev–Trinajstić information content (AvgIpc) is 3.50. The molecule has 3 rings (SSSR count). The fourth-order valence-corrected chi connectivity index (χ4v) is 3.75. The second kappa shape index (κ2) is 14.2. The molecule has 0 bridgehead atoms. The SMILES string of the molecule is CCNC(=NCc1cccc(NC(=O)C2CCCO2)c1)NCc1cc(C(CC)CC)no1.I. The van der Waals surface area contributed by atoms with Crippen molar-refractivity contribution >= 4 is 41.5 Å². The fraction of sp³-hybridized carbons (Fsp3) is 0.542. The second-order valence-corrected chi connectivity index (χ2v) is 7.97. The van der Waals surface area contributed by atoms with Crippen LogP contribution in [-0.2, 0) is 22.6 Å². The first-order valence-corrected chi connectivity index (χ1v) is 11.6. The molecule has 9 heteroatoms. The van der Waals surface area contributed by atoms with Gasteiger partial charge < -0.3 is 25.2 Å². The van der Waals surface area contributed by atoms with Crippen LogP contribution in [0, 0.1) is 0 Å². The van der Waals surface area contributed by atoms with Crippen LogP contribution in [0.5, 0.6) is 0 Å². The molecule has 0 saturated carbocycles. The second-order valence-electron chi connectivity index (χ2n) is 7.97. The lowest BCUT2D eigenvalue weighted by Gasteiger charge is -2.12. The molecule has 1 unspecified atom stereocenters. The maximum atomic E-state index is 12.3. The molecule has 1 aliphatic rings. The average molecular weight is 569 g/mol. The van der Waals surface area contributed by atoms with E-state index in [1.807, 2.05) is 37.3 Å². The summed E-state index contributed by atoms with van der Waals surface area (Å²) in [4.78, 5) is 16.9. The Balaban J connectivity index is 0.00000385. The van der Waals surface area contributed by atoms with Crippen molar-refractivity contribution in [1.82, 2.24) is 15.8 Å². The molecule has 1 aliphatic heterocycles. The largest absolute Gasteiger partial charge is 0.368 e. The molecule has 33 heavy (non-hydrogen) atoms. The molecule has 0 aliphatic carbocycles. The van der Waals surface area contributed by atoms with E-state index in [0.717, 1.165) is 54.9 Å². The van der Waals surface area contributed by atoms with E-state index in [9.17, 15) is 4.79 Å². The van der Waals surface area contributed by atoms with Gasteiger partial charge in [0.2, 0.25) is 0 Å². The van der Waals surface area contributed by atoms with Gasteiger partial charge in [0, 0.05) is 30.8 Å². The summed E-state index contributed by atoms with van der Waals surface area (Å²) in [6.07, 6.45) is 3.46. The number of guanidine groups is 1. The van der Waals surface area contributed by atoms with E-state index in [1.54, 1.807) is 0 Å². The Morgan fingerprint density at radius 2 is 2.03 bits per heavy atom. The molecule has 2 aromatic rings. The number of aliphatic imine (C=N–C) groups is 1. The lowest BCUT2D eigenvalue weighted by atomic mass is 9.99. The number of amides is 1. The number of carbonyl (C=O) groups excluding carboxylic acids is 1. The summed E-state index contributed by atoms with van der Waals surface area (Å²) in [6, 6.07) is 9.76. The number of carbonyl (C=O) groups is 1. The predicted octanol–water partition coefficient (Wildman–Crippen LogP) is 4.57. The molecular formula is C24H36IN5O3. The molecule has 1 atom stereocenters. The third-order valence-electron chi connectivity index (χ3n) is 5.59. The summed E-state index contributed by atoms with van der Waals surface area (Å²) in [6.45, 7) is 8.75. The Kier molecular flexibility index (Phi) is 11.7. The van der Waals surface area contributed by atoms with E-state index in [1.165, 1.54) is 0 Å². The molecule has 1 aromatic carbocycles. The van der Waals surface area contributed by atoms with E-state index >= 15 is 0 Å². The first-order valence-electron chi connectivity index (χ1n) is 11.6. The molecule has 182 valence electrons. The van der Waals surface area contributed by atoms with E-state index in [4.69, 9.17) is 9.26 Å². The van der Waals surface area contributed by atoms with Crippen LogP contribution >= 0.6 is 24.0 Å². The smallest absolute Gasteiger partial charge is 0.253 e. The number of hydrogen-bond acceptors (Lipinski definition) is 5. The van der Waals surface area contributed by atoms with E-state index in [-0.39, 0.29) is 36.0 Å². The Hall–Kier alpha value is -2.14. The third-order valence-corrected chi connectivity index (χ3v) is 5.59. The molecule has 1 aromatic heterocycles. The van der Waals surface area contributed by atoms with Crippen molar-refractivity contribution in [3.63, 3.8) is 0 Å². The lowest BCUT2D eigenvalue weighted by molar-refractivity contribution is -0.124. The van der Waals surface area contributed by atoms with E-state index in [2.05, 4.69) is 39.9 Å². The minimum Gasteiger partial charge on any atom is -0.368 e. The highest BCUT2D eigenvalue weighted by Gasteiger charge is 2.23. The molecule has 8 nitrogen and oxygen atoms in total. The summed E-state index contributed by atoms with van der Waals surface area (Å²) in [5.74, 6) is 1.83. The number of rotatable bonds is 10. The number of nitrogens with zero attached hydrogens (tertiary/aromatic N) is 2. The number of anilines is 1. The molecule has 2 heterocycles. The first kappa shape index (κ1) is 27.1. The molecule has 1 fully saturated rings. The summed E-state index contributed by atoms with van der Waals surface area (Å²) in [7, 11) is 0. The van der Waals surface area contributed by atoms with Crippen molar-refractivity contribution in [1.29, 1.82) is 0 Å². The van der Waals surface area contributed by atoms with Crippen LogP contribution in [0.1, 0.15) is 69.4 Å². The molecule has 1 saturated heterocycles. The third kappa shape index (κ3) is 8.29. The zero-order valence-electron chi connectivity index (χ0n) is 19.7. The highest BCUT2D eigenvalue weighted by molar-refractivity contribution is 14.0. The Labute approximate surface area is 213 Å². The van der Waals surface area contributed by atoms with Gasteiger partial charge in [0.25, 0.3) is 5.91 Å². The van der Waals surface area contributed by atoms with Crippen LogP contribution < -0.4 is 16.0 Å². The Morgan fingerprint density at radius 3 is 2.73 bits per heavy atom. The van der Waals surface area contributed by atoms with Crippen LogP contribution in [0.4, 0.5) is 5.69 Å². The van der Waals surface area contributed by atoms with Gasteiger partial charge in [-0.2, -0.15) is 0 Å². The van der Waals surface area contributed by atoms with Crippen molar-refractivity contribution in [2.45, 2.75) is 71.6 Å². The van der Waals surface area contributed by atoms with Gasteiger partial charge in [-0.05, 0) is 50.3 Å². The number of nitrogens with one attached hydrogen (secondary N) is 3. The van der Waals surface area contributed by atoms with Crippen molar-refractivity contribution in [2.75, 3.05) is 18.5 Å². The minimum atomic E-state index is -0.345. The summed E-state index contributed by atoms with van der Waals surface area (Å²) in [5.41, 5.74) is 2.77. The van der Waals surface area contributed by atoms with Crippen LogP contribution in [0.15, 0.2) is 39.8 Å². The van der Waals surface area contributed by atoms with Gasteiger partial charge >= 0.3 is 0 Å². The van der Waals surface area contributed by atoms with Crippen LogP contribution in [-0.4, -0.2) is 36.3 Å². The van der Waals surface area contributed by atoms with E-state index in [0.29, 0.717) is 31.6 Å². The quantitative estimate of drug-likeness (QED) is 0.220. The Morgan fingerprint density at radius 1 is 1.21 bits per heavy atom. The maximum absolute atomic E-state index is 12.3. The van der Waals surface area contributed by atoms with Crippen molar-refractivity contribution < 1.29 is 14.1 Å². The van der Waals surface area contributed by atoms with E-state index < -0.39 is 0 Å². The molecular weight excluding hydrogens is 533 g/mol. The summed E-state index contributed by atoms with van der Waals surface area (Å²) in [5, 5.41) is 13.7. The number of aromatic nitrogens is 1. The topological polar surface area (TPSA) is 101 Å². The van der Waals surface area contributed by atoms with Crippen LogP contribution in [0.2, 0.25) is 0 Å². The maximum Gasteiger partial charge on any atom is 0.253 e. The monoisotopic (exact) mass is 569 g/mol. The number of ether oxygens (including phenoxy) is 1. The number of hydrogen-bond donors (Lipinski definition) is 3. The predicted molar refractivity (Wildman–Crippen MR) is 141 cm³/mol. The molecule has 0 radical (unpaired) electrons. The first-order chi connectivity index (χ1) is 15.6. The summed E-state index contributed by atoms with van der Waals surface area (Å²) < 4.78 is 10.9. The molecule has 0 spiro atoms. The van der Waals surface area contributed by atoms with Crippen molar-refractivity contribution in [3.05, 3.63) is 47.3 Å². The fourth-order valence-electron chi connectivity index (χ4n) is 3.75. The Bertz CT molecular complexity index is 892. The molecule has 3 N–H and O–H groups in total. The van der Waals surface area contributed by atoms with Crippen molar-refractivity contribution in [2.24, 2.45) is 4.99 Å². The minimum absolute atomic E-state index is 0. The van der Waals surface area contributed by atoms with Crippen LogP contribution in [0.3, 0.4) is 0 Å². The highest BCUT2D eigenvalue weighted by atomic mass is 127. The van der Waals surface area contributed by atoms with Gasteiger partial charge in [-0.25, -0.2) is 4.99 Å². The van der Waals surface area contributed by atoms with Crippen LogP contribution in [0.25, 0.3) is 0 Å². The van der Waals surface area contributed by atoms with Gasteiger partial charge in [-0.15, -0.1) is 24.0 Å². The molecule has 1 amide bonds. The standard InChI is InChI=1S/C24H35N5O3.HI/c1-4-18(5-2)21-14-20(32-29-21)16-27-24(25-6-3)26-15-17-9-7-10-19(13-17)28-23(30)22-11-8-12-31-22;/h7,9-10,13-14,18,22H,4-6,8,11-12,15-16H2,1-3H3,(H,28,30)(H2,25,26,27);1H. The van der Waals surface area contributed by atoms with Gasteiger partial charge in [0.05, 0.1) is 18.8 Å². The van der Waals surface area contributed by atoms with Crippen molar-refractivity contribution in [3.8, 4) is 0 Å². The zero-order valence-corrected chi connectivity index (χ0v) is 22.1.